The van der Waals surface area contributed by atoms with Crippen LogP contribution in [-0.2, 0) is 16.1 Å². The molecule has 1 aromatic carbocycles. The molecule has 4 rings (SSSR count). The first-order valence-corrected chi connectivity index (χ1v) is 9.64. The lowest BCUT2D eigenvalue weighted by molar-refractivity contribution is -0.119. The van der Waals surface area contributed by atoms with Gasteiger partial charge < -0.3 is 18.8 Å². The third kappa shape index (κ3) is 4.46. The summed E-state index contributed by atoms with van der Waals surface area (Å²) < 4.78 is 13.3. The molecule has 1 saturated heterocycles. The van der Waals surface area contributed by atoms with Crippen molar-refractivity contribution in [3.8, 4) is 5.75 Å². The van der Waals surface area contributed by atoms with E-state index in [9.17, 15) is 9.59 Å². The zero-order valence-corrected chi connectivity index (χ0v) is 16.3. The number of carbonyl (C=O) groups excluding carboxylic acids is 2. The van der Waals surface area contributed by atoms with Gasteiger partial charge in [0.25, 0.3) is 5.91 Å². The molecule has 150 valence electrons. The molecule has 0 N–H and O–H groups in total. The Kier molecular flexibility index (Phi) is 5.57. The Morgan fingerprint density at radius 3 is 2.97 bits per heavy atom. The maximum absolute atomic E-state index is 13.0. The van der Waals surface area contributed by atoms with Crippen LogP contribution in [0, 0.1) is 0 Å². The number of fused-ring (bicyclic) bond motifs is 1. The third-order valence-corrected chi connectivity index (χ3v) is 4.89. The second kappa shape index (κ2) is 8.45. The average Bonchev–Trinajstić information content (AvgIpc) is 3.15. The van der Waals surface area contributed by atoms with Crippen LogP contribution in [0.25, 0.3) is 5.65 Å². The number of benzene rings is 1. The highest BCUT2D eigenvalue weighted by molar-refractivity contribution is 5.95. The van der Waals surface area contributed by atoms with Gasteiger partial charge in [-0.15, -0.1) is 0 Å². The van der Waals surface area contributed by atoms with Gasteiger partial charge in [0.15, 0.2) is 0 Å². The van der Waals surface area contributed by atoms with Crippen molar-refractivity contribution < 1.29 is 19.1 Å². The Bertz CT molecular complexity index is 997. The number of morpholine rings is 1. The average molecular weight is 393 g/mol. The summed E-state index contributed by atoms with van der Waals surface area (Å²) in [5, 5.41) is 0. The molecule has 1 atom stereocenters. The number of hydrogen-bond donors (Lipinski definition) is 0. The number of carbonyl (C=O) groups is 2. The highest BCUT2D eigenvalue weighted by Crippen LogP contribution is 2.20. The lowest BCUT2D eigenvalue weighted by atomic mass is 10.1. The predicted octanol–water partition coefficient (Wildman–Crippen LogP) is 2.73. The topological polar surface area (TPSA) is 73.1 Å². The van der Waals surface area contributed by atoms with Crippen LogP contribution in [0.4, 0.5) is 0 Å². The van der Waals surface area contributed by atoms with Crippen molar-refractivity contribution in [2.24, 2.45) is 0 Å². The van der Waals surface area contributed by atoms with Crippen LogP contribution in [0.5, 0.6) is 5.75 Å². The van der Waals surface area contributed by atoms with Gasteiger partial charge >= 0.3 is 0 Å². The lowest BCUT2D eigenvalue weighted by Gasteiger charge is -2.35. The lowest BCUT2D eigenvalue weighted by Crippen LogP contribution is -2.49. The largest absolute Gasteiger partial charge is 0.487 e. The highest BCUT2D eigenvalue weighted by Gasteiger charge is 2.29. The van der Waals surface area contributed by atoms with Crippen LogP contribution in [0.2, 0.25) is 0 Å². The molecule has 0 spiro atoms. The molecule has 2 aromatic heterocycles. The minimum atomic E-state index is -0.226. The summed E-state index contributed by atoms with van der Waals surface area (Å²) in [6.45, 7) is 3.18. The van der Waals surface area contributed by atoms with E-state index >= 15 is 0 Å². The molecule has 0 aliphatic carbocycles. The van der Waals surface area contributed by atoms with Crippen LogP contribution in [0.15, 0.2) is 54.9 Å². The van der Waals surface area contributed by atoms with Crippen molar-refractivity contribution in [3.05, 3.63) is 66.1 Å². The molecule has 1 unspecified atom stereocenters. The first-order chi connectivity index (χ1) is 14.1. The molecule has 1 fully saturated rings. The fourth-order valence-corrected chi connectivity index (χ4v) is 3.52. The van der Waals surface area contributed by atoms with Crippen molar-refractivity contribution in [2.45, 2.75) is 26.0 Å². The normalized spacial score (nSPS) is 16.7. The van der Waals surface area contributed by atoms with Crippen molar-refractivity contribution >= 4 is 17.3 Å². The molecule has 0 saturated carbocycles. The Morgan fingerprint density at radius 2 is 2.14 bits per heavy atom. The number of hydrogen-bond acceptors (Lipinski definition) is 5. The minimum absolute atomic E-state index is 0.0443. The predicted molar refractivity (Wildman–Crippen MR) is 107 cm³/mol. The number of imidazole rings is 1. The minimum Gasteiger partial charge on any atom is -0.487 e. The smallest absolute Gasteiger partial charge is 0.254 e. The zero-order valence-electron chi connectivity index (χ0n) is 16.3. The number of ketones is 1. The van der Waals surface area contributed by atoms with E-state index in [0.29, 0.717) is 44.1 Å². The number of ether oxygens (including phenoxy) is 2. The standard InChI is InChI=1S/C22H23N3O4/c1-16(26)11-19-15-28-10-9-25(19)22(27)17-5-4-6-20(12-17)29-14-18-13-24-8-3-2-7-21(24)23-18/h2-8,12-13,19H,9-11,14-15H2,1H3. The number of aromatic nitrogens is 2. The quantitative estimate of drug-likeness (QED) is 0.644. The van der Waals surface area contributed by atoms with E-state index in [1.54, 1.807) is 23.1 Å². The highest BCUT2D eigenvalue weighted by atomic mass is 16.5. The molecule has 1 aliphatic rings. The molecule has 0 radical (unpaired) electrons. The van der Waals surface area contributed by atoms with Crippen molar-refractivity contribution in [2.75, 3.05) is 19.8 Å². The van der Waals surface area contributed by atoms with Gasteiger partial charge in [-0.05, 0) is 37.3 Å². The Labute approximate surface area is 168 Å². The molecule has 7 heteroatoms. The van der Waals surface area contributed by atoms with E-state index in [-0.39, 0.29) is 17.7 Å². The zero-order chi connectivity index (χ0) is 20.2. The van der Waals surface area contributed by atoms with E-state index in [2.05, 4.69) is 4.98 Å². The Balaban J connectivity index is 1.45. The van der Waals surface area contributed by atoms with Gasteiger partial charge in [0, 0.05) is 30.9 Å². The van der Waals surface area contributed by atoms with Gasteiger partial charge in [-0.3, -0.25) is 9.59 Å². The Hall–Kier alpha value is -3.19. The summed E-state index contributed by atoms with van der Waals surface area (Å²) in [5.41, 5.74) is 2.20. The third-order valence-electron chi connectivity index (χ3n) is 4.89. The molecule has 3 heterocycles. The molecule has 0 bridgehead atoms. The molecule has 1 amide bonds. The maximum atomic E-state index is 13.0. The van der Waals surface area contributed by atoms with Crippen molar-refractivity contribution in [1.82, 2.24) is 14.3 Å². The first kappa shape index (κ1) is 19.1. The van der Waals surface area contributed by atoms with Gasteiger partial charge in [0.05, 0.1) is 24.9 Å². The van der Waals surface area contributed by atoms with Gasteiger partial charge in [-0.25, -0.2) is 4.98 Å². The molecular formula is C22H23N3O4. The molecular weight excluding hydrogens is 370 g/mol. The van der Waals surface area contributed by atoms with Crippen LogP contribution < -0.4 is 4.74 Å². The second-order valence-electron chi connectivity index (χ2n) is 7.15. The molecule has 3 aromatic rings. The monoisotopic (exact) mass is 393 g/mol. The van der Waals surface area contributed by atoms with E-state index in [0.717, 1.165) is 11.3 Å². The summed E-state index contributed by atoms with van der Waals surface area (Å²) in [6.07, 6.45) is 4.16. The van der Waals surface area contributed by atoms with Gasteiger partial charge in [0.1, 0.15) is 23.8 Å². The summed E-state index contributed by atoms with van der Waals surface area (Å²) in [5.74, 6) is 0.532. The number of pyridine rings is 1. The molecule has 29 heavy (non-hydrogen) atoms. The summed E-state index contributed by atoms with van der Waals surface area (Å²) in [6, 6.07) is 12.7. The summed E-state index contributed by atoms with van der Waals surface area (Å²) >= 11 is 0. The summed E-state index contributed by atoms with van der Waals surface area (Å²) in [7, 11) is 0. The molecule has 1 aliphatic heterocycles. The van der Waals surface area contributed by atoms with Crippen LogP contribution in [0.1, 0.15) is 29.4 Å². The molecule has 7 nitrogen and oxygen atoms in total. The van der Waals surface area contributed by atoms with E-state index < -0.39 is 0 Å². The maximum Gasteiger partial charge on any atom is 0.254 e. The van der Waals surface area contributed by atoms with Crippen molar-refractivity contribution in [1.29, 1.82) is 0 Å². The number of Topliss-reactive ketones (excluding diaryl/α,β-unsaturated/α-hetero) is 1. The fourth-order valence-electron chi connectivity index (χ4n) is 3.52. The van der Waals surface area contributed by atoms with Crippen molar-refractivity contribution in [3.63, 3.8) is 0 Å². The van der Waals surface area contributed by atoms with Crippen LogP contribution in [0.3, 0.4) is 0 Å². The summed E-state index contributed by atoms with van der Waals surface area (Å²) in [4.78, 5) is 30.8. The van der Waals surface area contributed by atoms with E-state index in [4.69, 9.17) is 9.47 Å². The number of amides is 1. The fraction of sp³-hybridized carbons (Fsp3) is 0.318. The van der Waals surface area contributed by atoms with Gasteiger partial charge in [-0.1, -0.05) is 12.1 Å². The van der Waals surface area contributed by atoms with E-state index in [1.165, 1.54) is 6.92 Å². The second-order valence-corrected chi connectivity index (χ2v) is 7.15. The van der Waals surface area contributed by atoms with Crippen LogP contribution >= 0.6 is 0 Å². The number of rotatable bonds is 6. The SMILES string of the molecule is CC(=O)CC1COCCN1C(=O)c1cccc(OCc2cn3ccccc3n2)c1. The Morgan fingerprint density at radius 1 is 1.24 bits per heavy atom. The van der Waals surface area contributed by atoms with Gasteiger partial charge in [0.2, 0.25) is 0 Å². The number of nitrogens with zero attached hydrogens (tertiary/aromatic N) is 3. The van der Waals surface area contributed by atoms with Crippen LogP contribution in [-0.4, -0.2) is 51.8 Å². The van der Waals surface area contributed by atoms with E-state index in [1.807, 2.05) is 41.1 Å². The van der Waals surface area contributed by atoms with Gasteiger partial charge in [-0.2, -0.15) is 0 Å². The first-order valence-electron chi connectivity index (χ1n) is 9.64.